The number of nitrogens with two attached hydrogens (primary N) is 1. The highest BCUT2D eigenvalue weighted by Crippen LogP contribution is 2.15. The molecule has 1 aromatic heterocycles. The van der Waals surface area contributed by atoms with E-state index in [1.807, 2.05) is 6.07 Å². The van der Waals surface area contributed by atoms with Gasteiger partial charge in [-0.3, -0.25) is 4.98 Å². The van der Waals surface area contributed by atoms with Gasteiger partial charge in [-0.2, -0.15) is 0 Å². The second kappa shape index (κ2) is 7.50. The maximum absolute atomic E-state index is 9.08. The van der Waals surface area contributed by atoms with E-state index >= 15 is 0 Å². The molecule has 0 aromatic carbocycles. The summed E-state index contributed by atoms with van der Waals surface area (Å²) in [5.74, 6) is -0.0173. The van der Waals surface area contributed by atoms with Crippen molar-refractivity contribution in [3.8, 4) is 0 Å². The summed E-state index contributed by atoms with van der Waals surface area (Å²) in [4.78, 5) is 6.08. The highest BCUT2D eigenvalue weighted by molar-refractivity contribution is 5.95. The maximum atomic E-state index is 9.08. The van der Waals surface area contributed by atoms with Crippen molar-refractivity contribution in [3.63, 3.8) is 0 Å². The molecule has 6 heteroatoms. The minimum atomic E-state index is -0.0173. The molecule has 0 aliphatic carbocycles. The average Bonchev–Trinajstić information content (AvgIpc) is 2.42. The lowest BCUT2D eigenvalue weighted by atomic mass is 10.2. The highest BCUT2D eigenvalue weighted by Gasteiger charge is 2.08. The van der Waals surface area contributed by atoms with Crippen LogP contribution in [0.5, 0.6) is 0 Å². The standard InChI is InChI=1S/C12H20N4O2/c1-2-3-6-16(7-8-17)10-4-5-14-11(9-10)12(13)15-18/h4-5,9,17-18H,2-3,6-8H2,1H3,(H2,13,15). The number of amidine groups is 1. The SMILES string of the molecule is CCCCN(CCO)c1ccnc(C(N)=NO)c1. The van der Waals surface area contributed by atoms with Crippen LogP contribution < -0.4 is 10.6 Å². The first kappa shape index (κ1) is 14.2. The van der Waals surface area contributed by atoms with Gasteiger partial charge in [0.2, 0.25) is 0 Å². The molecule has 1 heterocycles. The van der Waals surface area contributed by atoms with Gasteiger partial charge in [-0.1, -0.05) is 18.5 Å². The molecule has 0 fully saturated rings. The molecule has 0 aliphatic heterocycles. The summed E-state index contributed by atoms with van der Waals surface area (Å²) >= 11 is 0. The van der Waals surface area contributed by atoms with Gasteiger partial charge in [-0.05, 0) is 18.6 Å². The molecule has 0 bridgehead atoms. The summed E-state index contributed by atoms with van der Waals surface area (Å²) in [7, 11) is 0. The summed E-state index contributed by atoms with van der Waals surface area (Å²) in [5.41, 5.74) is 6.84. The smallest absolute Gasteiger partial charge is 0.188 e. The van der Waals surface area contributed by atoms with Gasteiger partial charge in [0, 0.05) is 25.0 Å². The van der Waals surface area contributed by atoms with Crippen LogP contribution in [0.15, 0.2) is 23.5 Å². The Bertz CT molecular complexity index is 395. The second-order valence-electron chi connectivity index (χ2n) is 3.95. The Morgan fingerprint density at radius 3 is 2.89 bits per heavy atom. The van der Waals surface area contributed by atoms with Crippen molar-refractivity contribution in [1.82, 2.24) is 4.98 Å². The van der Waals surface area contributed by atoms with E-state index in [2.05, 4.69) is 22.0 Å². The molecule has 0 saturated carbocycles. The molecule has 1 rings (SSSR count). The maximum Gasteiger partial charge on any atom is 0.188 e. The van der Waals surface area contributed by atoms with Crippen molar-refractivity contribution in [2.45, 2.75) is 19.8 Å². The third-order valence-corrected chi connectivity index (χ3v) is 2.63. The minimum absolute atomic E-state index is 0.0173. The summed E-state index contributed by atoms with van der Waals surface area (Å²) in [6, 6.07) is 3.60. The van der Waals surface area contributed by atoms with Crippen LogP contribution >= 0.6 is 0 Å². The van der Waals surface area contributed by atoms with Crippen molar-refractivity contribution in [2.75, 3.05) is 24.6 Å². The van der Waals surface area contributed by atoms with E-state index in [1.54, 1.807) is 12.3 Å². The molecule has 0 spiro atoms. The number of anilines is 1. The van der Waals surface area contributed by atoms with Gasteiger partial charge in [0.05, 0.1) is 6.61 Å². The Kier molecular flexibility index (Phi) is 5.93. The summed E-state index contributed by atoms with van der Waals surface area (Å²) < 4.78 is 0. The predicted octanol–water partition coefficient (Wildman–Crippen LogP) is 0.775. The molecule has 100 valence electrons. The third kappa shape index (κ3) is 3.89. The Labute approximate surface area is 107 Å². The van der Waals surface area contributed by atoms with Crippen LogP contribution in [0.25, 0.3) is 0 Å². The number of aliphatic hydroxyl groups is 1. The van der Waals surface area contributed by atoms with Crippen molar-refractivity contribution < 1.29 is 10.3 Å². The van der Waals surface area contributed by atoms with Crippen LogP contribution in [0.3, 0.4) is 0 Å². The van der Waals surface area contributed by atoms with Crippen molar-refractivity contribution in [1.29, 1.82) is 0 Å². The van der Waals surface area contributed by atoms with Gasteiger partial charge in [0.25, 0.3) is 0 Å². The van der Waals surface area contributed by atoms with E-state index < -0.39 is 0 Å². The first-order chi connectivity index (χ1) is 8.72. The zero-order valence-corrected chi connectivity index (χ0v) is 10.6. The molecular weight excluding hydrogens is 232 g/mol. The largest absolute Gasteiger partial charge is 0.409 e. The van der Waals surface area contributed by atoms with Crippen molar-refractivity contribution in [3.05, 3.63) is 24.0 Å². The molecule has 0 aliphatic rings. The molecular formula is C12H20N4O2. The van der Waals surface area contributed by atoms with E-state index in [0.29, 0.717) is 12.2 Å². The molecule has 0 saturated heterocycles. The fourth-order valence-electron chi connectivity index (χ4n) is 1.65. The fourth-order valence-corrected chi connectivity index (χ4v) is 1.65. The van der Waals surface area contributed by atoms with Crippen LogP contribution in [0, 0.1) is 0 Å². The van der Waals surface area contributed by atoms with Crippen molar-refractivity contribution in [2.24, 2.45) is 10.9 Å². The molecule has 4 N–H and O–H groups in total. The van der Waals surface area contributed by atoms with E-state index in [1.165, 1.54) is 0 Å². The minimum Gasteiger partial charge on any atom is -0.409 e. The van der Waals surface area contributed by atoms with Crippen LogP contribution in [-0.2, 0) is 0 Å². The van der Waals surface area contributed by atoms with Gasteiger partial charge >= 0.3 is 0 Å². The molecule has 1 aromatic rings. The first-order valence-electron chi connectivity index (χ1n) is 6.02. The molecule has 18 heavy (non-hydrogen) atoms. The predicted molar refractivity (Wildman–Crippen MR) is 71.0 cm³/mol. The van der Waals surface area contributed by atoms with E-state index in [9.17, 15) is 0 Å². The summed E-state index contributed by atoms with van der Waals surface area (Å²) in [6.07, 6.45) is 3.74. The Balaban J connectivity index is 2.90. The number of aromatic nitrogens is 1. The number of pyridine rings is 1. The topological polar surface area (TPSA) is 95.0 Å². The number of hydrogen-bond acceptors (Lipinski definition) is 5. The van der Waals surface area contributed by atoms with Crippen LogP contribution in [0.4, 0.5) is 5.69 Å². The number of rotatable bonds is 7. The number of aliphatic hydroxyl groups excluding tert-OH is 1. The second-order valence-corrected chi connectivity index (χ2v) is 3.95. The highest BCUT2D eigenvalue weighted by atomic mass is 16.4. The molecule has 6 nitrogen and oxygen atoms in total. The Hall–Kier alpha value is -1.82. The fraction of sp³-hybridized carbons (Fsp3) is 0.500. The Morgan fingerprint density at radius 1 is 1.50 bits per heavy atom. The third-order valence-electron chi connectivity index (χ3n) is 2.63. The van der Waals surface area contributed by atoms with Gasteiger partial charge in [-0.15, -0.1) is 0 Å². The monoisotopic (exact) mass is 252 g/mol. The normalized spacial score (nSPS) is 11.6. The van der Waals surface area contributed by atoms with Crippen LogP contribution in [-0.4, -0.2) is 40.8 Å². The number of hydrogen-bond donors (Lipinski definition) is 3. The summed E-state index contributed by atoms with van der Waals surface area (Å²) in [6.45, 7) is 3.62. The summed E-state index contributed by atoms with van der Waals surface area (Å²) in [5, 5.41) is 20.6. The van der Waals surface area contributed by atoms with Gasteiger partial charge in [0.1, 0.15) is 5.69 Å². The Morgan fingerprint density at radius 2 is 2.28 bits per heavy atom. The molecule has 0 unspecified atom stereocenters. The first-order valence-corrected chi connectivity index (χ1v) is 6.02. The van der Waals surface area contributed by atoms with Crippen LogP contribution in [0.1, 0.15) is 25.5 Å². The number of nitrogens with zero attached hydrogens (tertiary/aromatic N) is 3. The van der Waals surface area contributed by atoms with Gasteiger partial charge < -0.3 is 20.9 Å². The quantitative estimate of drug-likeness (QED) is 0.288. The lowest BCUT2D eigenvalue weighted by Gasteiger charge is -2.24. The van der Waals surface area contributed by atoms with Gasteiger partial charge in [-0.25, -0.2) is 0 Å². The molecule has 0 radical (unpaired) electrons. The lowest BCUT2D eigenvalue weighted by Crippen LogP contribution is -2.28. The van der Waals surface area contributed by atoms with Gasteiger partial charge in [0.15, 0.2) is 5.84 Å². The lowest BCUT2D eigenvalue weighted by molar-refractivity contribution is 0.301. The number of unbranched alkanes of at least 4 members (excludes halogenated alkanes) is 1. The molecule has 0 amide bonds. The average molecular weight is 252 g/mol. The number of oxime groups is 1. The van der Waals surface area contributed by atoms with Crippen molar-refractivity contribution >= 4 is 11.5 Å². The zero-order chi connectivity index (χ0) is 13.4. The van der Waals surface area contributed by atoms with E-state index in [-0.39, 0.29) is 12.4 Å². The molecule has 0 atom stereocenters. The van der Waals surface area contributed by atoms with E-state index in [4.69, 9.17) is 16.0 Å². The van der Waals surface area contributed by atoms with Crippen LogP contribution in [0.2, 0.25) is 0 Å². The van der Waals surface area contributed by atoms with E-state index in [0.717, 1.165) is 25.1 Å². The zero-order valence-electron chi connectivity index (χ0n) is 10.6.